The first-order valence-corrected chi connectivity index (χ1v) is 16.2. The summed E-state index contributed by atoms with van der Waals surface area (Å²) < 4.78 is 29.3. The second-order valence-electron chi connectivity index (χ2n) is 11.0. The molecule has 0 saturated heterocycles. The van der Waals surface area contributed by atoms with Gasteiger partial charge in [0.1, 0.15) is 12.4 Å². The molecule has 0 unspecified atom stereocenters. The van der Waals surface area contributed by atoms with Gasteiger partial charge in [0.15, 0.2) is 0 Å². The number of ether oxygens (including phenoxy) is 1. The fourth-order valence-electron chi connectivity index (χ4n) is 5.56. The van der Waals surface area contributed by atoms with Crippen LogP contribution in [0.2, 0.25) is 0 Å². The molecule has 0 fully saturated rings. The minimum atomic E-state index is -2.95. The van der Waals surface area contributed by atoms with Crippen LogP contribution in [-0.2, 0) is 0 Å². The highest BCUT2D eigenvalue weighted by atomic mass is 32.3. The van der Waals surface area contributed by atoms with Gasteiger partial charge in [0.05, 0.1) is 10.6 Å². The first-order valence-electron chi connectivity index (χ1n) is 14.5. The van der Waals surface area contributed by atoms with Gasteiger partial charge in [-0.05, 0) is 68.4 Å². The Kier molecular flexibility index (Phi) is 11.2. The molecule has 0 bridgehead atoms. The van der Waals surface area contributed by atoms with E-state index in [2.05, 4.69) is 72.7 Å². The summed E-state index contributed by atoms with van der Waals surface area (Å²) in [5.41, 5.74) is 2.85. The summed E-state index contributed by atoms with van der Waals surface area (Å²) in [4.78, 5) is 7.44. The Morgan fingerprint density at radius 3 is 2.11 bits per heavy atom. The van der Waals surface area contributed by atoms with Crippen molar-refractivity contribution in [2.45, 2.75) is 71.1 Å². The summed E-state index contributed by atoms with van der Waals surface area (Å²) in [5, 5.41) is 0. The van der Waals surface area contributed by atoms with E-state index in [9.17, 15) is 9.11 Å². The molecule has 2 N–H and O–H groups in total. The smallest absolute Gasteiger partial charge is 0.119 e. The molecular formula is C31H51N3O3S. The minimum Gasteiger partial charge on any atom is -0.492 e. The summed E-state index contributed by atoms with van der Waals surface area (Å²) in [6.45, 7) is 13.2. The molecule has 1 aliphatic heterocycles. The van der Waals surface area contributed by atoms with Crippen molar-refractivity contribution in [1.82, 2.24) is 4.90 Å². The number of likely N-dealkylation sites (N-methyl/N-ethyl adjacent to an activating group) is 1. The Hall–Kier alpha value is -1.93. The molecule has 0 spiro atoms. The van der Waals surface area contributed by atoms with Crippen LogP contribution in [0.4, 0.5) is 17.1 Å². The Labute approximate surface area is 233 Å². The largest absolute Gasteiger partial charge is 0.492 e. The highest BCUT2D eigenvalue weighted by Gasteiger charge is 2.42. The zero-order chi connectivity index (χ0) is 27.8. The van der Waals surface area contributed by atoms with Crippen molar-refractivity contribution in [3.63, 3.8) is 0 Å². The highest BCUT2D eigenvalue weighted by molar-refractivity contribution is 8.24. The third-order valence-corrected chi connectivity index (χ3v) is 10.0. The number of rotatable bonds is 14. The summed E-state index contributed by atoms with van der Waals surface area (Å²) in [6, 6.07) is 14.4. The van der Waals surface area contributed by atoms with Gasteiger partial charge in [-0.3, -0.25) is 9.11 Å². The standard InChI is InChI=1S/C31H51N3O3S/c1-7-11-19-31(20-12-8-2)24-34(26-13-16-28(17-14-26)37-22-21-33(9-3)10-4)29-23-27(32(5)6)15-18-30(29)38(35,36)25-31/h13-18,23,35-36H,7-12,19-22,24-25H2,1-6H3. The van der Waals surface area contributed by atoms with Crippen molar-refractivity contribution in [2.75, 3.05) is 62.4 Å². The highest BCUT2D eigenvalue weighted by Crippen LogP contribution is 2.61. The van der Waals surface area contributed by atoms with Crippen molar-refractivity contribution < 1.29 is 13.8 Å². The van der Waals surface area contributed by atoms with Gasteiger partial charge in [0.2, 0.25) is 0 Å². The van der Waals surface area contributed by atoms with Crippen LogP contribution in [0, 0.1) is 5.41 Å². The number of benzene rings is 2. The van der Waals surface area contributed by atoms with E-state index in [1.54, 1.807) is 0 Å². The molecule has 2 aromatic rings. The van der Waals surface area contributed by atoms with Crippen LogP contribution in [0.1, 0.15) is 66.2 Å². The number of hydrogen-bond acceptors (Lipinski definition) is 6. The van der Waals surface area contributed by atoms with Crippen molar-refractivity contribution in [3.8, 4) is 5.75 Å². The Balaban J connectivity index is 2.01. The lowest BCUT2D eigenvalue weighted by molar-refractivity contribution is 0.223. The molecular weight excluding hydrogens is 494 g/mol. The lowest BCUT2D eigenvalue weighted by atomic mass is 9.79. The fraction of sp³-hybridized carbons (Fsp3) is 0.613. The SMILES string of the molecule is CCCCC1(CCCC)CN(c2ccc(OCCN(CC)CC)cc2)c2cc(N(C)C)ccc2S(O)(O)C1. The topological polar surface area (TPSA) is 59.4 Å². The van der Waals surface area contributed by atoms with Crippen molar-refractivity contribution in [3.05, 3.63) is 42.5 Å². The maximum Gasteiger partial charge on any atom is 0.119 e. The predicted molar refractivity (Wildman–Crippen MR) is 165 cm³/mol. The second-order valence-corrected chi connectivity index (χ2v) is 13.1. The van der Waals surface area contributed by atoms with Gasteiger partial charge in [0, 0.05) is 49.7 Å². The summed E-state index contributed by atoms with van der Waals surface area (Å²) in [7, 11) is 1.10. The molecule has 0 aromatic heterocycles. The Morgan fingerprint density at radius 1 is 0.921 bits per heavy atom. The van der Waals surface area contributed by atoms with Gasteiger partial charge in [-0.1, -0.05) is 53.4 Å². The van der Waals surface area contributed by atoms with E-state index in [0.717, 1.165) is 87.5 Å². The average molecular weight is 546 g/mol. The van der Waals surface area contributed by atoms with Gasteiger partial charge in [0.25, 0.3) is 0 Å². The summed E-state index contributed by atoms with van der Waals surface area (Å²) >= 11 is 0. The molecule has 214 valence electrons. The van der Waals surface area contributed by atoms with Crippen molar-refractivity contribution in [1.29, 1.82) is 0 Å². The summed E-state index contributed by atoms with van der Waals surface area (Å²) in [5.74, 6) is 1.29. The molecule has 7 heteroatoms. The van der Waals surface area contributed by atoms with Gasteiger partial charge >= 0.3 is 0 Å². The molecule has 1 heterocycles. The predicted octanol–water partition coefficient (Wildman–Crippen LogP) is 8.10. The monoisotopic (exact) mass is 545 g/mol. The summed E-state index contributed by atoms with van der Waals surface area (Å²) in [6.07, 6.45) is 6.37. The van der Waals surface area contributed by atoms with Gasteiger partial charge in [-0.25, -0.2) is 0 Å². The van der Waals surface area contributed by atoms with E-state index >= 15 is 0 Å². The zero-order valence-corrected chi connectivity index (χ0v) is 25.4. The zero-order valence-electron chi connectivity index (χ0n) is 24.6. The Bertz CT molecular complexity index is 984. The quantitative estimate of drug-likeness (QED) is 0.250. The van der Waals surface area contributed by atoms with Gasteiger partial charge in [-0.15, -0.1) is 0 Å². The van der Waals surface area contributed by atoms with Crippen molar-refractivity contribution in [2.24, 2.45) is 5.41 Å². The molecule has 0 saturated carbocycles. The molecule has 6 nitrogen and oxygen atoms in total. The first-order chi connectivity index (χ1) is 18.2. The van der Waals surface area contributed by atoms with Crippen molar-refractivity contribution >= 4 is 27.7 Å². The molecule has 2 aromatic carbocycles. The molecule has 38 heavy (non-hydrogen) atoms. The van der Waals surface area contributed by atoms with Crippen LogP contribution in [0.3, 0.4) is 0 Å². The molecule has 0 aliphatic carbocycles. The van der Waals surface area contributed by atoms with Crippen LogP contribution in [-0.4, -0.2) is 66.6 Å². The van der Waals surface area contributed by atoms with E-state index in [-0.39, 0.29) is 5.41 Å². The fourth-order valence-corrected chi connectivity index (χ4v) is 7.74. The molecule has 1 aliphatic rings. The molecule has 0 atom stereocenters. The number of anilines is 3. The van der Waals surface area contributed by atoms with E-state index in [1.165, 1.54) is 0 Å². The second kappa shape index (κ2) is 13.9. The maximum absolute atomic E-state index is 11.6. The minimum absolute atomic E-state index is 0.166. The van der Waals surface area contributed by atoms with Crippen LogP contribution < -0.4 is 14.5 Å². The van der Waals surface area contributed by atoms with Gasteiger partial charge in [-0.2, -0.15) is 10.6 Å². The maximum atomic E-state index is 11.6. The van der Waals surface area contributed by atoms with Crippen LogP contribution >= 0.6 is 10.6 Å². The molecule has 0 amide bonds. The van der Waals surface area contributed by atoms with E-state index in [4.69, 9.17) is 4.74 Å². The first kappa shape index (κ1) is 30.6. The molecule has 0 radical (unpaired) electrons. The number of unbranched alkanes of at least 4 members (excludes halogenated alkanes) is 2. The third-order valence-electron chi connectivity index (χ3n) is 7.94. The van der Waals surface area contributed by atoms with E-state index in [0.29, 0.717) is 17.3 Å². The number of fused-ring (bicyclic) bond motifs is 1. The van der Waals surface area contributed by atoms with Crippen LogP contribution in [0.5, 0.6) is 5.75 Å². The van der Waals surface area contributed by atoms with Crippen LogP contribution in [0.25, 0.3) is 0 Å². The van der Waals surface area contributed by atoms with E-state index in [1.807, 2.05) is 26.2 Å². The average Bonchev–Trinajstić information content (AvgIpc) is 3.01. The Morgan fingerprint density at radius 2 is 1.55 bits per heavy atom. The number of hydrogen-bond donors (Lipinski definition) is 2. The van der Waals surface area contributed by atoms with Crippen LogP contribution in [0.15, 0.2) is 47.4 Å². The lowest BCUT2D eigenvalue weighted by Crippen LogP contribution is -2.38. The van der Waals surface area contributed by atoms with Gasteiger partial charge < -0.3 is 19.4 Å². The normalized spacial score (nSPS) is 17.1. The third kappa shape index (κ3) is 7.59. The number of nitrogens with zero attached hydrogens (tertiary/aromatic N) is 3. The lowest BCUT2D eigenvalue weighted by Gasteiger charge is -2.42. The van der Waals surface area contributed by atoms with E-state index < -0.39 is 10.6 Å². The molecule has 3 rings (SSSR count).